The van der Waals surface area contributed by atoms with Gasteiger partial charge in [-0.2, -0.15) is 0 Å². The first-order valence-electron chi connectivity index (χ1n) is 4.04. The van der Waals surface area contributed by atoms with Gasteiger partial charge in [-0.25, -0.2) is 0 Å². The van der Waals surface area contributed by atoms with Crippen LogP contribution in [-0.4, -0.2) is 15.0 Å². The second-order valence-electron chi connectivity index (χ2n) is 3.14. The molecule has 1 saturated heterocycles. The molecule has 1 aromatic rings. The van der Waals surface area contributed by atoms with Gasteiger partial charge in [-0.05, 0) is 0 Å². The van der Waals surface area contributed by atoms with E-state index in [1.807, 2.05) is 0 Å². The molecule has 0 unspecified atom stereocenters. The summed E-state index contributed by atoms with van der Waals surface area (Å²) in [5.41, 5.74) is 1.56. The molecule has 0 bridgehead atoms. The minimum absolute atomic E-state index is 0.890. The van der Waals surface area contributed by atoms with Crippen molar-refractivity contribution in [3.8, 4) is 0 Å². The normalized spacial score (nSPS) is 29.5. The molecule has 0 amide bonds. The Balaban J connectivity index is 2.17. The van der Waals surface area contributed by atoms with Crippen LogP contribution in [0, 0.1) is 5.92 Å². The van der Waals surface area contributed by atoms with Crippen molar-refractivity contribution in [1.29, 1.82) is 0 Å². The van der Waals surface area contributed by atoms with Gasteiger partial charge < -0.3 is 0 Å². The molecule has 1 fully saturated rings. The molecule has 2 rings (SSSR count). The van der Waals surface area contributed by atoms with Crippen LogP contribution in [0.4, 0.5) is 0 Å². The monoisotopic (exact) mass is 212 g/mol. The fraction of sp³-hybridized carbons (Fsp3) is 0.400. The van der Waals surface area contributed by atoms with Crippen LogP contribution < -0.4 is 0 Å². The molecule has 0 aromatic heterocycles. The topological polar surface area (TPSA) is 0 Å². The van der Waals surface area contributed by atoms with Gasteiger partial charge in [0, 0.05) is 0 Å². The molecule has 1 aromatic carbocycles. The molecule has 0 radical (unpaired) electrons. The van der Waals surface area contributed by atoms with Crippen LogP contribution >= 0.6 is 0 Å². The Labute approximate surface area is 74.2 Å². The summed E-state index contributed by atoms with van der Waals surface area (Å²) in [7, 11) is 0. The predicted octanol–water partition coefficient (Wildman–Crippen LogP) is 2.50. The molecule has 0 aliphatic carbocycles. The summed E-state index contributed by atoms with van der Waals surface area (Å²) in [6.45, 7) is 2.36. The van der Waals surface area contributed by atoms with Crippen molar-refractivity contribution >= 4 is 15.0 Å². The third kappa shape index (κ3) is 1.36. The molecule has 58 valence electrons. The number of hydrogen-bond donors (Lipinski definition) is 0. The predicted molar refractivity (Wildman–Crippen MR) is 48.9 cm³/mol. The Hall–Kier alpha value is -0.261. The average Bonchev–Trinajstić information content (AvgIpc) is 2.04. The van der Waals surface area contributed by atoms with Gasteiger partial charge in [-0.3, -0.25) is 0 Å². The molecule has 1 aliphatic rings. The molecule has 11 heavy (non-hydrogen) atoms. The molecule has 2 atom stereocenters. The van der Waals surface area contributed by atoms with Crippen LogP contribution in [0.3, 0.4) is 0 Å². The quantitative estimate of drug-likeness (QED) is 0.626. The van der Waals surface area contributed by atoms with Crippen LogP contribution in [0.25, 0.3) is 0 Å². The molecular formula is C10H12Se. The van der Waals surface area contributed by atoms with Gasteiger partial charge in [0.05, 0.1) is 0 Å². The summed E-state index contributed by atoms with van der Waals surface area (Å²) < 4.78 is 0. The van der Waals surface area contributed by atoms with Crippen LogP contribution in [-0.2, 0) is 0 Å². The van der Waals surface area contributed by atoms with E-state index in [1.54, 1.807) is 5.56 Å². The van der Waals surface area contributed by atoms with Crippen molar-refractivity contribution in [2.24, 2.45) is 5.92 Å². The Kier molecular flexibility index (Phi) is 2.02. The van der Waals surface area contributed by atoms with E-state index in [0.717, 1.165) is 25.7 Å². The summed E-state index contributed by atoms with van der Waals surface area (Å²) >= 11 is 0.890. The van der Waals surface area contributed by atoms with E-state index in [1.165, 1.54) is 5.32 Å². The van der Waals surface area contributed by atoms with Gasteiger partial charge in [0.15, 0.2) is 0 Å². The fourth-order valence-corrected chi connectivity index (χ4v) is 3.80. The fourth-order valence-electron chi connectivity index (χ4n) is 1.45. The van der Waals surface area contributed by atoms with Gasteiger partial charge in [0.25, 0.3) is 0 Å². The molecule has 1 heterocycles. The summed E-state index contributed by atoms with van der Waals surface area (Å²) in [6, 6.07) is 10.9. The minimum atomic E-state index is 0.890. The van der Waals surface area contributed by atoms with E-state index in [4.69, 9.17) is 0 Å². The van der Waals surface area contributed by atoms with Gasteiger partial charge in [0.2, 0.25) is 0 Å². The Bertz CT molecular complexity index is 230. The molecule has 1 aliphatic heterocycles. The van der Waals surface area contributed by atoms with Crippen molar-refractivity contribution in [2.75, 3.05) is 0 Å². The Morgan fingerprint density at radius 1 is 1.27 bits per heavy atom. The molecule has 1 heteroatoms. The van der Waals surface area contributed by atoms with E-state index >= 15 is 0 Å². The molecule has 0 spiro atoms. The first-order chi connectivity index (χ1) is 5.38. The zero-order valence-electron chi connectivity index (χ0n) is 6.66. The second-order valence-corrected chi connectivity index (χ2v) is 5.61. The van der Waals surface area contributed by atoms with E-state index in [9.17, 15) is 0 Å². The van der Waals surface area contributed by atoms with Crippen LogP contribution in [0.15, 0.2) is 30.3 Å². The van der Waals surface area contributed by atoms with Crippen molar-refractivity contribution in [2.45, 2.75) is 17.1 Å². The van der Waals surface area contributed by atoms with E-state index in [-0.39, 0.29) is 0 Å². The van der Waals surface area contributed by atoms with Gasteiger partial charge in [-0.1, -0.05) is 0 Å². The van der Waals surface area contributed by atoms with Gasteiger partial charge in [0.1, 0.15) is 0 Å². The number of hydrogen-bond acceptors (Lipinski definition) is 0. The zero-order valence-corrected chi connectivity index (χ0v) is 8.37. The van der Waals surface area contributed by atoms with Crippen molar-refractivity contribution in [3.63, 3.8) is 0 Å². The van der Waals surface area contributed by atoms with Crippen LogP contribution in [0.1, 0.15) is 17.3 Å². The first kappa shape index (κ1) is 7.39. The second kappa shape index (κ2) is 3.00. The van der Waals surface area contributed by atoms with Gasteiger partial charge in [-0.15, -0.1) is 0 Å². The van der Waals surface area contributed by atoms with Gasteiger partial charge >= 0.3 is 73.8 Å². The Morgan fingerprint density at radius 2 is 2.00 bits per heavy atom. The average molecular weight is 211 g/mol. The van der Waals surface area contributed by atoms with Crippen LogP contribution in [0.5, 0.6) is 0 Å². The number of benzene rings is 1. The summed E-state index contributed by atoms with van der Waals surface area (Å²) in [5, 5.41) is 1.48. The van der Waals surface area contributed by atoms with Crippen molar-refractivity contribution < 1.29 is 0 Å². The van der Waals surface area contributed by atoms with E-state index in [2.05, 4.69) is 37.3 Å². The molecular weight excluding hydrogens is 199 g/mol. The molecule has 0 saturated carbocycles. The SMILES string of the molecule is C[C@H]1C[Se][C@@H]1c1ccccc1. The third-order valence-corrected chi connectivity index (χ3v) is 5.99. The maximum absolute atomic E-state index is 2.36. The molecule has 0 nitrogen and oxygen atoms in total. The third-order valence-electron chi connectivity index (χ3n) is 2.18. The van der Waals surface area contributed by atoms with Crippen LogP contribution in [0.2, 0.25) is 5.32 Å². The zero-order chi connectivity index (χ0) is 7.68. The Morgan fingerprint density at radius 3 is 2.45 bits per heavy atom. The van der Waals surface area contributed by atoms with E-state index < -0.39 is 0 Å². The van der Waals surface area contributed by atoms with E-state index in [0.29, 0.717) is 0 Å². The summed E-state index contributed by atoms with van der Waals surface area (Å²) in [5.74, 6) is 0.942. The first-order valence-corrected chi connectivity index (χ1v) is 6.24. The standard InChI is InChI=1S/C10H12Se/c1-8-7-11-10(8)9-5-3-2-4-6-9/h2-6,8,10H,7H2,1H3/t8-,10-/m0/s1. The summed E-state index contributed by atoms with van der Waals surface area (Å²) in [6.07, 6.45) is 0. The summed E-state index contributed by atoms with van der Waals surface area (Å²) in [4.78, 5) is 0.920. The number of rotatable bonds is 1. The molecule has 0 N–H and O–H groups in total. The maximum atomic E-state index is 2.36. The van der Waals surface area contributed by atoms with Crippen molar-refractivity contribution in [3.05, 3.63) is 35.9 Å². The van der Waals surface area contributed by atoms with Crippen molar-refractivity contribution in [1.82, 2.24) is 0 Å².